The van der Waals surface area contributed by atoms with E-state index in [0.29, 0.717) is 23.0 Å². The molecule has 1 heterocycles. The van der Waals surface area contributed by atoms with Crippen molar-refractivity contribution in [1.29, 1.82) is 0 Å². The lowest BCUT2D eigenvalue weighted by Gasteiger charge is -2.07. The maximum atomic E-state index is 13.1. The van der Waals surface area contributed by atoms with Crippen LogP contribution in [0.2, 0.25) is 0 Å². The van der Waals surface area contributed by atoms with Crippen molar-refractivity contribution in [2.45, 2.75) is 6.54 Å². The predicted molar refractivity (Wildman–Crippen MR) is 89.1 cm³/mol. The number of thiocarbonyl (C=S) groups is 1. The van der Waals surface area contributed by atoms with Gasteiger partial charge in [-0.2, -0.15) is 5.10 Å². The highest BCUT2D eigenvalue weighted by Gasteiger charge is 2.12. The SMILES string of the molecule is Fc1ccc(/C=N\NC(=S)NCc2ccc3c(c2)OCO3)cc1F. The summed E-state index contributed by atoms with van der Waals surface area (Å²) in [4.78, 5) is 0. The number of fused-ring (bicyclic) bond motifs is 1. The molecule has 0 unspecified atom stereocenters. The number of benzene rings is 2. The molecule has 0 saturated carbocycles. The zero-order valence-corrected chi connectivity index (χ0v) is 13.2. The van der Waals surface area contributed by atoms with E-state index in [2.05, 4.69) is 15.8 Å². The fourth-order valence-corrected chi connectivity index (χ4v) is 2.16. The van der Waals surface area contributed by atoms with Crippen LogP contribution in [0.5, 0.6) is 11.5 Å². The van der Waals surface area contributed by atoms with E-state index in [1.54, 1.807) is 0 Å². The fourth-order valence-electron chi connectivity index (χ4n) is 2.03. The van der Waals surface area contributed by atoms with E-state index >= 15 is 0 Å². The molecule has 0 aromatic heterocycles. The normalized spacial score (nSPS) is 12.4. The number of nitrogens with zero attached hydrogens (tertiary/aromatic N) is 1. The summed E-state index contributed by atoms with van der Waals surface area (Å²) >= 11 is 5.09. The molecule has 0 amide bonds. The van der Waals surface area contributed by atoms with E-state index in [4.69, 9.17) is 21.7 Å². The number of nitrogens with one attached hydrogen (secondary N) is 2. The largest absolute Gasteiger partial charge is 0.454 e. The summed E-state index contributed by atoms with van der Waals surface area (Å²) in [5.74, 6) is -0.413. The zero-order chi connectivity index (χ0) is 16.9. The third-order valence-electron chi connectivity index (χ3n) is 3.21. The minimum absolute atomic E-state index is 0.227. The van der Waals surface area contributed by atoms with Gasteiger partial charge in [-0.3, -0.25) is 5.43 Å². The van der Waals surface area contributed by atoms with Gasteiger partial charge < -0.3 is 14.8 Å². The van der Waals surface area contributed by atoms with Crippen LogP contribution in [0.4, 0.5) is 8.78 Å². The summed E-state index contributed by atoms with van der Waals surface area (Å²) in [6.45, 7) is 0.702. The smallest absolute Gasteiger partial charge is 0.231 e. The summed E-state index contributed by atoms with van der Waals surface area (Å²) in [6, 6.07) is 9.08. The third-order valence-corrected chi connectivity index (χ3v) is 3.45. The van der Waals surface area contributed by atoms with Crippen LogP contribution in [-0.2, 0) is 6.54 Å². The molecule has 2 aromatic rings. The van der Waals surface area contributed by atoms with Crippen molar-refractivity contribution in [3.63, 3.8) is 0 Å². The Bertz CT molecular complexity index is 799. The van der Waals surface area contributed by atoms with Crippen LogP contribution in [0.15, 0.2) is 41.5 Å². The molecule has 0 saturated heterocycles. The number of hydrazone groups is 1. The van der Waals surface area contributed by atoms with Gasteiger partial charge in [0.1, 0.15) is 0 Å². The number of hydrogen-bond acceptors (Lipinski definition) is 4. The molecule has 3 rings (SSSR count). The number of rotatable bonds is 4. The van der Waals surface area contributed by atoms with E-state index in [-0.39, 0.29) is 6.79 Å². The van der Waals surface area contributed by atoms with E-state index in [9.17, 15) is 8.78 Å². The predicted octanol–water partition coefficient (Wildman–Crippen LogP) is 2.69. The summed E-state index contributed by atoms with van der Waals surface area (Å²) < 4.78 is 36.4. The van der Waals surface area contributed by atoms with Gasteiger partial charge in [0.05, 0.1) is 6.21 Å². The zero-order valence-electron chi connectivity index (χ0n) is 12.4. The average molecular weight is 349 g/mol. The van der Waals surface area contributed by atoms with Crippen LogP contribution in [0.3, 0.4) is 0 Å². The van der Waals surface area contributed by atoms with Gasteiger partial charge in [-0.15, -0.1) is 0 Å². The first-order valence-electron chi connectivity index (χ1n) is 7.02. The molecule has 2 aromatic carbocycles. The molecular weight excluding hydrogens is 336 g/mol. The number of halogens is 2. The average Bonchev–Trinajstić information content (AvgIpc) is 3.04. The molecule has 0 bridgehead atoms. The molecule has 8 heteroatoms. The van der Waals surface area contributed by atoms with Gasteiger partial charge in [0.25, 0.3) is 0 Å². The standard InChI is InChI=1S/C16H13F2N3O2S/c17-12-3-1-10(5-13(12)18)8-20-21-16(24)19-7-11-2-4-14-15(6-11)23-9-22-14/h1-6,8H,7,9H2,(H2,19,21,24)/b20-8-. The summed E-state index contributed by atoms with van der Waals surface area (Å²) in [5, 5.41) is 7.14. The van der Waals surface area contributed by atoms with Gasteiger partial charge in [0.15, 0.2) is 28.2 Å². The first-order valence-corrected chi connectivity index (χ1v) is 7.43. The van der Waals surface area contributed by atoms with Crippen molar-refractivity contribution in [3.05, 3.63) is 59.2 Å². The van der Waals surface area contributed by atoms with Gasteiger partial charge in [0, 0.05) is 6.54 Å². The Morgan fingerprint density at radius 1 is 1.12 bits per heavy atom. The van der Waals surface area contributed by atoms with Gasteiger partial charge in [0.2, 0.25) is 6.79 Å². The Kier molecular flexibility index (Phi) is 4.85. The van der Waals surface area contributed by atoms with Crippen molar-refractivity contribution in [2.24, 2.45) is 5.10 Å². The van der Waals surface area contributed by atoms with Crippen LogP contribution in [0.25, 0.3) is 0 Å². The van der Waals surface area contributed by atoms with Crippen LogP contribution in [-0.4, -0.2) is 18.1 Å². The Labute approximate surface area is 142 Å². The van der Waals surface area contributed by atoms with E-state index in [1.165, 1.54) is 12.3 Å². The third kappa shape index (κ3) is 3.96. The highest BCUT2D eigenvalue weighted by atomic mass is 32.1. The second-order valence-corrected chi connectivity index (χ2v) is 5.32. The molecule has 1 aliphatic heterocycles. The van der Waals surface area contributed by atoms with Crippen LogP contribution < -0.4 is 20.2 Å². The van der Waals surface area contributed by atoms with Crippen molar-refractivity contribution in [3.8, 4) is 11.5 Å². The summed E-state index contributed by atoms with van der Waals surface area (Å²) in [7, 11) is 0. The Hall–Kier alpha value is -2.74. The maximum absolute atomic E-state index is 13.1. The summed E-state index contributed by atoms with van der Waals surface area (Å²) in [6.07, 6.45) is 1.34. The molecule has 2 N–H and O–H groups in total. The molecule has 0 aliphatic carbocycles. The highest BCUT2D eigenvalue weighted by molar-refractivity contribution is 7.80. The molecule has 24 heavy (non-hydrogen) atoms. The lowest BCUT2D eigenvalue weighted by atomic mass is 10.2. The topological polar surface area (TPSA) is 54.9 Å². The highest BCUT2D eigenvalue weighted by Crippen LogP contribution is 2.32. The van der Waals surface area contributed by atoms with Crippen LogP contribution >= 0.6 is 12.2 Å². The lowest BCUT2D eigenvalue weighted by Crippen LogP contribution is -2.31. The second kappa shape index (κ2) is 7.22. The van der Waals surface area contributed by atoms with Crippen molar-refractivity contribution < 1.29 is 18.3 Å². The molecule has 0 spiro atoms. The fraction of sp³-hybridized carbons (Fsp3) is 0.125. The quantitative estimate of drug-likeness (QED) is 0.505. The molecular formula is C16H13F2N3O2S. The maximum Gasteiger partial charge on any atom is 0.231 e. The lowest BCUT2D eigenvalue weighted by molar-refractivity contribution is 0.174. The van der Waals surface area contributed by atoms with Gasteiger partial charge >= 0.3 is 0 Å². The van der Waals surface area contributed by atoms with Crippen molar-refractivity contribution in [1.82, 2.24) is 10.7 Å². The molecule has 0 radical (unpaired) electrons. The monoisotopic (exact) mass is 349 g/mol. The van der Waals surface area contributed by atoms with Gasteiger partial charge in [-0.1, -0.05) is 12.1 Å². The second-order valence-electron chi connectivity index (χ2n) is 4.91. The Morgan fingerprint density at radius 3 is 2.79 bits per heavy atom. The molecule has 0 atom stereocenters. The van der Waals surface area contributed by atoms with Crippen molar-refractivity contribution >= 4 is 23.5 Å². The summed E-state index contributed by atoms with van der Waals surface area (Å²) in [5.41, 5.74) is 3.99. The van der Waals surface area contributed by atoms with E-state index < -0.39 is 11.6 Å². The first-order chi connectivity index (χ1) is 11.6. The Morgan fingerprint density at radius 2 is 1.96 bits per heavy atom. The molecule has 0 fully saturated rings. The minimum Gasteiger partial charge on any atom is -0.454 e. The van der Waals surface area contributed by atoms with Gasteiger partial charge in [-0.25, -0.2) is 8.78 Å². The molecule has 1 aliphatic rings. The van der Waals surface area contributed by atoms with Crippen molar-refractivity contribution in [2.75, 3.05) is 6.79 Å². The molecule has 5 nitrogen and oxygen atoms in total. The van der Waals surface area contributed by atoms with Gasteiger partial charge in [-0.05, 0) is 47.6 Å². The van der Waals surface area contributed by atoms with E-state index in [0.717, 1.165) is 23.4 Å². The minimum atomic E-state index is -0.928. The Balaban J connectivity index is 1.49. The van der Waals surface area contributed by atoms with Crippen LogP contribution in [0.1, 0.15) is 11.1 Å². The first kappa shape index (κ1) is 16.1. The molecule has 124 valence electrons. The van der Waals surface area contributed by atoms with Crippen LogP contribution in [0, 0.1) is 11.6 Å². The number of ether oxygens (including phenoxy) is 2. The number of hydrogen-bond donors (Lipinski definition) is 2. The van der Waals surface area contributed by atoms with E-state index in [1.807, 2.05) is 18.2 Å².